The summed E-state index contributed by atoms with van der Waals surface area (Å²) in [6, 6.07) is -1.15. The molecule has 2 bridgehead atoms. The Balaban J connectivity index is 1.86. The van der Waals surface area contributed by atoms with Crippen LogP contribution in [0, 0.1) is 17.8 Å². The van der Waals surface area contributed by atoms with E-state index in [4.69, 9.17) is 24.7 Å². The van der Waals surface area contributed by atoms with Gasteiger partial charge in [0.2, 0.25) is 0 Å². The molecule has 0 spiro atoms. The van der Waals surface area contributed by atoms with Gasteiger partial charge in [-0.05, 0) is 33.1 Å². The molecule has 0 radical (unpaired) electrons. The van der Waals surface area contributed by atoms with E-state index in [0.29, 0.717) is 0 Å². The first-order valence-corrected chi connectivity index (χ1v) is 22.3. The summed E-state index contributed by atoms with van der Waals surface area (Å²) < 4.78 is 23.1. The minimum atomic E-state index is -2.33. The highest BCUT2D eigenvalue weighted by atomic mass is 16.7. The molecule has 0 aliphatic carbocycles. The number of aliphatic hydroxyl groups excluding tert-OH is 9. The van der Waals surface area contributed by atoms with Gasteiger partial charge in [0.25, 0.3) is 0 Å². The summed E-state index contributed by atoms with van der Waals surface area (Å²) in [7, 11) is 0. The number of allylic oxidation sites excluding steroid dienone is 12. The van der Waals surface area contributed by atoms with Crippen molar-refractivity contribution in [3.63, 3.8) is 0 Å². The van der Waals surface area contributed by atoms with E-state index in [0.717, 1.165) is 0 Å². The number of cyclic esters (lactones) is 1. The lowest BCUT2D eigenvalue weighted by Gasteiger charge is -2.45. The van der Waals surface area contributed by atoms with Crippen molar-refractivity contribution >= 4 is 11.9 Å². The van der Waals surface area contributed by atoms with Crippen molar-refractivity contribution in [2.75, 3.05) is 0 Å². The van der Waals surface area contributed by atoms with Crippen LogP contribution in [0.2, 0.25) is 0 Å². The molecule has 18 heteroatoms. The Morgan fingerprint density at radius 2 is 1.23 bits per heavy atom. The van der Waals surface area contributed by atoms with Gasteiger partial charge in [0.1, 0.15) is 18.1 Å². The summed E-state index contributed by atoms with van der Waals surface area (Å²) >= 11 is 0. The summed E-state index contributed by atoms with van der Waals surface area (Å²) in [6.07, 6.45) is 3.46. The topological polar surface area (TPSA) is 320 Å². The van der Waals surface area contributed by atoms with E-state index in [1.807, 2.05) is 19.1 Å². The highest BCUT2D eigenvalue weighted by molar-refractivity contribution is 5.71. The van der Waals surface area contributed by atoms with Crippen molar-refractivity contribution in [3.8, 4) is 0 Å². The first kappa shape index (κ1) is 55.9. The first-order chi connectivity index (χ1) is 30.6. The maximum atomic E-state index is 12.6. The predicted octanol–water partition coefficient (Wildman–Crippen LogP) is 0.712. The van der Waals surface area contributed by atoms with Gasteiger partial charge < -0.3 is 80.9 Å². The smallest absolute Gasteiger partial charge is 0.311 e. The molecule has 3 heterocycles. The second-order valence-corrected chi connectivity index (χ2v) is 17.6. The molecular weight excluding hydrogens is 851 g/mol. The molecule has 0 aromatic heterocycles. The summed E-state index contributed by atoms with van der Waals surface area (Å²) in [5.74, 6) is -6.83. The molecule has 368 valence electrons. The minimum Gasteiger partial charge on any atom is -0.481 e. The number of hydrogen-bond acceptors (Lipinski definition) is 17. The van der Waals surface area contributed by atoms with Crippen LogP contribution in [-0.4, -0.2) is 166 Å². The Morgan fingerprint density at radius 3 is 1.82 bits per heavy atom. The van der Waals surface area contributed by atoms with Gasteiger partial charge in [0, 0.05) is 37.5 Å². The van der Waals surface area contributed by atoms with Gasteiger partial charge in [0.15, 0.2) is 12.1 Å². The van der Waals surface area contributed by atoms with E-state index in [1.165, 1.54) is 13.0 Å². The molecule has 0 aromatic carbocycles. The number of hydrogen-bond donors (Lipinski definition) is 12. The van der Waals surface area contributed by atoms with Crippen LogP contribution < -0.4 is 5.73 Å². The number of carbonyl (C=O) groups is 2. The lowest BCUT2D eigenvalue weighted by atomic mass is 9.82. The molecule has 3 rings (SSSR count). The van der Waals surface area contributed by atoms with Crippen molar-refractivity contribution in [1.82, 2.24) is 0 Å². The van der Waals surface area contributed by atoms with Gasteiger partial charge >= 0.3 is 11.9 Å². The molecular formula is C47H73NO17. The number of carbonyl (C=O) groups excluding carboxylic acids is 1. The van der Waals surface area contributed by atoms with Crippen LogP contribution in [0.3, 0.4) is 0 Å². The molecule has 3 aliphatic heterocycles. The quantitative estimate of drug-likeness (QED) is 0.174. The summed E-state index contributed by atoms with van der Waals surface area (Å²) in [5.41, 5.74) is 6.02. The van der Waals surface area contributed by atoms with Crippen molar-refractivity contribution in [3.05, 3.63) is 85.1 Å². The van der Waals surface area contributed by atoms with Crippen LogP contribution in [0.1, 0.15) is 79.1 Å². The Labute approximate surface area is 381 Å². The van der Waals surface area contributed by atoms with Crippen LogP contribution >= 0.6 is 0 Å². The van der Waals surface area contributed by atoms with Gasteiger partial charge in [-0.25, -0.2) is 0 Å². The van der Waals surface area contributed by atoms with Gasteiger partial charge in [-0.2, -0.15) is 0 Å². The second kappa shape index (κ2) is 27.4. The molecule has 65 heavy (non-hydrogen) atoms. The molecule has 0 amide bonds. The molecule has 14 unspecified atom stereocenters. The minimum absolute atomic E-state index is 0.107. The Bertz CT molecular complexity index is 1670. The monoisotopic (exact) mass is 923 g/mol. The average Bonchev–Trinajstić information content (AvgIpc) is 3.21. The fraction of sp³-hybridized carbons (Fsp3) is 0.660. The number of carboxylic acid groups (broad SMARTS) is 1. The lowest BCUT2D eigenvalue weighted by Crippen LogP contribution is -2.61. The third-order valence-corrected chi connectivity index (χ3v) is 12.0. The number of nitrogens with two attached hydrogens (primary N) is 1. The van der Waals surface area contributed by atoms with Gasteiger partial charge in [-0.3, -0.25) is 9.59 Å². The van der Waals surface area contributed by atoms with E-state index in [9.17, 15) is 65.8 Å². The molecule has 0 saturated carbocycles. The number of esters is 1. The number of aliphatic hydroxyl groups is 10. The Hall–Kier alpha value is -3.44. The largest absolute Gasteiger partial charge is 0.481 e. The summed E-state index contributed by atoms with van der Waals surface area (Å²) in [4.78, 5) is 25.1. The van der Waals surface area contributed by atoms with E-state index < -0.39 is 147 Å². The highest BCUT2D eigenvalue weighted by Gasteiger charge is 2.51. The summed E-state index contributed by atoms with van der Waals surface area (Å²) in [5, 5.41) is 118. The summed E-state index contributed by atoms with van der Waals surface area (Å²) in [6.45, 7) is 6.74. The second-order valence-electron chi connectivity index (χ2n) is 17.6. The number of ether oxygens (including phenoxy) is 4. The average molecular weight is 924 g/mol. The number of rotatable bonds is 3. The van der Waals surface area contributed by atoms with E-state index in [2.05, 4.69) is 0 Å². The van der Waals surface area contributed by atoms with E-state index in [-0.39, 0.29) is 31.6 Å². The van der Waals surface area contributed by atoms with Gasteiger partial charge in [-0.15, -0.1) is 0 Å². The maximum absolute atomic E-state index is 12.6. The molecule has 0 aromatic rings. The number of carboxylic acids is 1. The van der Waals surface area contributed by atoms with Gasteiger partial charge in [0.05, 0.1) is 79.6 Å². The van der Waals surface area contributed by atoms with Crippen molar-refractivity contribution < 1.29 is 84.7 Å². The van der Waals surface area contributed by atoms with Crippen molar-refractivity contribution in [2.45, 2.75) is 177 Å². The maximum Gasteiger partial charge on any atom is 0.311 e. The zero-order chi connectivity index (χ0) is 48.4. The van der Waals surface area contributed by atoms with Crippen molar-refractivity contribution in [2.24, 2.45) is 23.5 Å². The van der Waals surface area contributed by atoms with E-state index in [1.54, 1.807) is 80.7 Å². The first-order valence-electron chi connectivity index (χ1n) is 22.3. The lowest BCUT2D eigenvalue weighted by molar-refractivity contribution is -0.308. The SMILES string of the molecule is CC1/C=C/C=C/C=C/C=C/C=C/C=C/C=C/C(O[C@@H]2O[C@H](C)[C@@H](O)[C@H](N)[C@@H]2O)CC2OC(O)(CC(O)CC(O)C(O)CCC(O)CC(O)CC(=O)OC(C)C(C)C1O)CC(O)C2C(=O)O. The fourth-order valence-electron chi connectivity index (χ4n) is 7.97. The zero-order valence-electron chi connectivity index (χ0n) is 37.6. The number of fused-ring (bicyclic) bond motifs is 2. The van der Waals surface area contributed by atoms with Crippen LogP contribution in [0.4, 0.5) is 0 Å². The van der Waals surface area contributed by atoms with Crippen LogP contribution in [-0.2, 0) is 28.5 Å². The van der Waals surface area contributed by atoms with Crippen LogP contribution in [0.25, 0.3) is 0 Å². The molecule has 19 atom stereocenters. The fourth-order valence-corrected chi connectivity index (χ4v) is 7.97. The standard InChI is InChI=1S/C47H73NO17/c1-27-17-15-13-11-9-7-5-6-8-10-12-14-16-18-34(64-46-44(58)41(48)43(57)30(4)63-46)24-38-40(45(59)60)37(54)26-47(61,65-38)25-33(51)22-36(53)35(52)20-19-31(49)21-32(50)23-39(55)62-29(3)28(2)42(27)56/h5-18,27-38,40-44,46,49-54,56-58,61H,19-26,48H2,1-4H3,(H,59,60)/b6-5+,9-7+,10-8+,13-11+,14-12+,17-15+,18-16+/t27?,28?,29?,30-,31?,32?,33?,34?,35?,36?,37?,38?,40?,41+,42?,43-,44+,46+,47?/m1/s1. The third-order valence-electron chi connectivity index (χ3n) is 12.0. The number of aliphatic carboxylic acids is 1. The molecule has 2 fully saturated rings. The van der Waals surface area contributed by atoms with Crippen LogP contribution in [0.5, 0.6) is 0 Å². The Morgan fingerprint density at radius 1 is 0.662 bits per heavy atom. The molecule has 2 saturated heterocycles. The molecule has 13 N–H and O–H groups in total. The van der Waals surface area contributed by atoms with Gasteiger partial charge in [-0.1, -0.05) is 98.9 Å². The molecule has 18 nitrogen and oxygen atoms in total. The Kier molecular flexibility index (Phi) is 23.6. The normalized spacial score (nSPS) is 45.5. The molecule has 3 aliphatic rings. The van der Waals surface area contributed by atoms with Crippen molar-refractivity contribution in [1.29, 1.82) is 0 Å². The third kappa shape index (κ3) is 18.6. The predicted molar refractivity (Wildman–Crippen MR) is 237 cm³/mol. The zero-order valence-corrected chi connectivity index (χ0v) is 37.6. The van der Waals surface area contributed by atoms with E-state index >= 15 is 0 Å². The van der Waals surface area contributed by atoms with Crippen LogP contribution in [0.15, 0.2) is 85.1 Å². The highest BCUT2D eigenvalue weighted by Crippen LogP contribution is 2.38.